The van der Waals surface area contributed by atoms with Crippen molar-refractivity contribution in [2.24, 2.45) is 5.73 Å². The summed E-state index contributed by atoms with van der Waals surface area (Å²) >= 11 is 5.67. The zero-order valence-electron chi connectivity index (χ0n) is 12.3. The Morgan fingerprint density at radius 2 is 2.19 bits per heavy atom. The fourth-order valence-electron chi connectivity index (χ4n) is 2.80. The van der Waals surface area contributed by atoms with E-state index in [4.69, 9.17) is 5.73 Å². The molecule has 0 aliphatic carbocycles. The molecule has 2 aliphatic heterocycles. The SMILES string of the molecule is CC1(C)CCN(c2cc3c(cc2Br)C(N)C(=O)N3)CCS1. The number of rotatable bonds is 1. The van der Waals surface area contributed by atoms with Gasteiger partial charge in [-0.15, -0.1) is 0 Å². The lowest BCUT2D eigenvalue weighted by molar-refractivity contribution is -0.116. The van der Waals surface area contributed by atoms with Crippen molar-refractivity contribution in [3.8, 4) is 0 Å². The lowest BCUT2D eigenvalue weighted by atomic mass is 10.1. The maximum absolute atomic E-state index is 11.7. The van der Waals surface area contributed by atoms with Gasteiger partial charge in [-0.25, -0.2) is 0 Å². The van der Waals surface area contributed by atoms with E-state index in [0.717, 1.165) is 46.7 Å². The van der Waals surface area contributed by atoms with Crippen molar-refractivity contribution < 1.29 is 4.79 Å². The molecular weight excluding hydrogens is 350 g/mol. The van der Waals surface area contributed by atoms with Crippen LogP contribution in [0.25, 0.3) is 0 Å². The van der Waals surface area contributed by atoms with E-state index in [0.29, 0.717) is 4.75 Å². The van der Waals surface area contributed by atoms with Gasteiger partial charge in [-0.1, -0.05) is 13.8 Å². The molecule has 21 heavy (non-hydrogen) atoms. The minimum absolute atomic E-state index is 0.124. The first-order chi connectivity index (χ1) is 9.87. The average molecular weight is 370 g/mol. The number of hydrogen-bond donors (Lipinski definition) is 2. The van der Waals surface area contributed by atoms with Crippen LogP contribution in [-0.4, -0.2) is 29.5 Å². The topological polar surface area (TPSA) is 58.4 Å². The van der Waals surface area contributed by atoms with E-state index in [1.807, 2.05) is 23.9 Å². The number of thioether (sulfide) groups is 1. The molecule has 6 heteroatoms. The van der Waals surface area contributed by atoms with Gasteiger partial charge < -0.3 is 16.0 Å². The van der Waals surface area contributed by atoms with Gasteiger partial charge in [-0.3, -0.25) is 4.79 Å². The second-order valence-corrected chi connectivity index (χ2v) is 8.86. The molecule has 1 saturated heterocycles. The predicted molar refractivity (Wildman–Crippen MR) is 93.1 cm³/mol. The summed E-state index contributed by atoms with van der Waals surface area (Å²) in [7, 11) is 0. The number of anilines is 2. The van der Waals surface area contributed by atoms with Crippen LogP contribution in [0.4, 0.5) is 11.4 Å². The number of nitrogens with zero attached hydrogens (tertiary/aromatic N) is 1. The number of amides is 1. The number of benzene rings is 1. The minimum atomic E-state index is -0.552. The molecule has 3 rings (SSSR count). The standard InChI is InChI=1S/C15H20BrN3OS/c1-15(2)3-4-19(5-6-21-15)12-8-11-9(7-10(12)16)13(17)14(20)18-11/h7-8,13H,3-6,17H2,1-2H3,(H,18,20). The first-order valence-corrected chi connectivity index (χ1v) is 8.94. The van der Waals surface area contributed by atoms with Crippen molar-refractivity contribution in [2.45, 2.75) is 31.1 Å². The summed E-state index contributed by atoms with van der Waals surface area (Å²) in [5, 5.41) is 2.87. The van der Waals surface area contributed by atoms with Crippen LogP contribution in [0.3, 0.4) is 0 Å². The molecule has 0 saturated carbocycles. The Bertz CT molecular complexity index is 591. The van der Waals surface area contributed by atoms with Gasteiger partial charge in [0.15, 0.2) is 0 Å². The third-order valence-corrected chi connectivity index (χ3v) is 6.18. The molecule has 1 unspecified atom stereocenters. The van der Waals surface area contributed by atoms with E-state index >= 15 is 0 Å². The molecule has 0 radical (unpaired) electrons. The third-order valence-electron chi connectivity index (χ3n) is 4.17. The Morgan fingerprint density at radius 1 is 1.43 bits per heavy atom. The smallest absolute Gasteiger partial charge is 0.245 e. The van der Waals surface area contributed by atoms with Crippen LogP contribution in [0, 0.1) is 0 Å². The largest absolute Gasteiger partial charge is 0.370 e. The Morgan fingerprint density at radius 3 is 2.95 bits per heavy atom. The van der Waals surface area contributed by atoms with Gasteiger partial charge in [0.1, 0.15) is 6.04 Å². The van der Waals surface area contributed by atoms with Crippen molar-refractivity contribution in [1.82, 2.24) is 0 Å². The maximum atomic E-state index is 11.7. The molecule has 114 valence electrons. The molecule has 1 atom stereocenters. The van der Waals surface area contributed by atoms with Crippen molar-refractivity contribution in [1.29, 1.82) is 0 Å². The maximum Gasteiger partial charge on any atom is 0.245 e. The molecule has 1 amide bonds. The Balaban J connectivity index is 1.90. The van der Waals surface area contributed by atoms with E-state index in [9.17, 15) is 4.79 Å². The van der Waals surface area contributed by atoms with E-state index < -0.39 is 6.04 Å². The number of fused-ring (bicyclic) bond motifs is 1. The molecule has 0 aromatic heterocycles. The third kappa shape index (κ3) is 2.94. The van der Waals surface area contributed by atoms with Crippen molar-refractivity contribution in [3.63, 3.8) is 0 Å². The Kier molecular flexibility index (Phi) is 3.96. The molecular formula is C15H20BrN3OS. The number of nitrogens with two attached hydrogens (primary N) is 1. The van der Waals surface area contributed by atoms with Gasteiger partial charge >= 0.3 is 0 Å². The summed E-state index contributed by atoms with van der Waals surface area (Å²) in [5.74, 6) is 0.990. The second-order valence-electron chi connectivity index (χ2n) is 6.20. The van der Waals surface area contributed by atoms with Gasteiger partial charge in [-0.2, -0.15) is 11.8 Å². The summed E-state index contributed by atoms with van der Waals surface area (Å²) in [6, 6.07) is 3.48. The van der Waals surface area contributed by atoms with Crippen molar-refractivity contribution in [3.05, 3.63) is 22.2 Å². The minimum Gasteiger partial charge on any atom is -0.370 e. The zero-order chi connectivity index (χ0) is 15.2. The second kappa shape index (κ2) is 5.48. The van der Waals surface area contributed by atoms with Crippen LogP contribution in [0.2, 0.25) is 0 Å². The van der Waals surface area contributed by atoms with Gasteiger partial charge in [-0.05, 0) is 34.5 Å². The highest BCUT2D eigenvalue weighted by Crippen LogP contribution is 2.40. The Labute approximate surface area is 138 Å². The van der Waals surface area contributed by atoms with Gasteiger partial charge in [0.05, 0.1) is 5.69 Å². The summed E-state index contributed by atoms with van der Waals surface area (Å²) < 4.78 is 1.34. The molecule has 1 aromatic rings. The number of carbonyl (C=O) groups is 1. The van der Waals surface area contributed by atoms with Crippen LogP contribution < -0.4 is 16.0 Å². The van der Waals surface area contributed by atoms with E-state index in [1.165, 1.54) is 0 Å². The zero-order valence-corrected chi connectivity index (χ0v) is 14.7. The van der Waals surface area contributed by atoms with Gasteiger partial charge in [0.25, 0.3) is 0 Å². The molecule has 4 nitrogen and oxygen atoms in total. The summed E-state index contributed by atoms with van der Waals surface area (Å²) in [6.45, 7) is 6.65. The lowest BCUT2D eigenvalue weighted by Gasteiger charge is -2.26. The highest BCUT2D eigenvalue weighted by molar-refractivity contribution is 9.10. The van der Waals surface area contributed by atoms with E-state index in [-0.39, 0.29) is 5.91 Å². The van der Waals surface area contributed by atoms with Crippen LogP contribution in [-0.2, 0) is 4.79 Å². The van der Waals surface area contributed by atoms with E-state index in [2.05, 4.69) is 40.0 Å². The highest BCUT2D eigenvalue weighted by atomic mass is 79.9. The summed E-state index contributed by atoms with van der Waals surface area (Å²) in [4.78, 5) is 14.1. The molecule has 0 bridgehead atoms. The Hall–Kier alpha value is -0.720. The average Bonchev–Trinajstić information content (AvgIpc) is 2.59. The first kappa shape index (κ1) is 15.2. The molecule has 3 N–H and O–H groups in total. The monoisotopic (exact) mass is 369 g/mol. The molecule has 0 spiro atoms. The molecule has 1 fully saturated rings. The number of carbonyl (C=O) groups excluding carboxylic acids is 1. The fraction of sp³-hybridized carbons (Fsp3) is 0.533. The lowest BCUT2D eigenvalue weighted by Crippen LogP contribution is -2.27. The molecule has 2 heterocycles. The molecule has 1 aromatic carbocycles. The first-order valence-electron chi connectivity index (χ1n) is 7.16. The normalized spacial score (nSPS) is 24.5. The van der Waals surface area contributed by atoms with Gasteiger partial charge in [0.2, 0.25) is 5.91 Å². The fourth-order valence-corrected chi connectivity index (χ4v) is 4.51. The summed E-state index contributed by atoms with van der Waals surface area (Å²) in [6.07, 6.45) is 1.15. The predicted octanol–water partition coefficient (Wildman–Crippen LogP) is 3.12. The van der Waals surface area contributed by atoms with Crippen LogP contribution in [0.1, 0.15) is 31.9 Å². The van der Waals surface area contributed by atoms with E-state index in [1.54, 1.807) is 0 Å². The van der Waals surface area contributed by atoms with Crippen LogP contribution in [0.5, 0.6) is 0 Å². The highest BCUT2D eigenvalue weighted by Gasteiger charge is 2.30. The number of nitrogens with one attached hydrogen (secondary N) is 1. The van der Waals surface area contributed by atoms with Gasteiger partial charge in [0, 0.05) is 39.3 Å². The number of hydrogen-bond acceptors (Lipinski definition) is 4. The van der Waals surface area contributed by atoms with Crippen molar-refractivity contribution >= 4 is 45.0 Å². The van der Waals surface area contributed by atoms with Crippen LogP contribution >= 0.6 is 27.7 Å². The quantitative estimate of drug-likeness (QED) is 0.798. The summed E-state index contributed by atoms with van der Waals surface area (Å²) in [5.41, 5.74) is 8.76. The van der Waals surface area contributed by atoms with Crippen LogP contribution in [0.15, 0.2) is 16.6 Å². The van der Waals surface area contributed by atoms with Crippen molar-refractivity contribution in [2.75, 3.05) is 29.1 Å². The molecule has 2 aliphatic rings. The number of halogens is 1.